The highest BCUT2D eigenvalue weighted by atomic mass is 16.7. The van der Waals surface area contributed by atoms with Crippen LogP contribution in [0.15, 0.2) is 54.7 Å². The maximum absolute atomic E-state index is 12.5. The Bertz CT molecular complexity index is 1020. The lowest BCUT2D eigenvalue weighted by molar-refractivity contribution is -0.150. The van der Waals surface area contributed by atoms with Gasteiger partial charge in [-0.1, -0.05) is 50.2 Å². The highest BCUT2D eigenvalue weighted by molar-refractivity contribution is 5.89. The van der Waals surface area contributed by atoms with Gasteiger partial charge in [-0.3, -0.25) is 9.78 Å². The zero-order valence-corrected chi connectivity index (χ0v) is 21.5. The molecule has 0 fully saturated rings. The van der Waals surface area contributed by atoms with Crippen LogP contribution >= 0.6 is 0 Å². The first-order valence-corrected chi connectivity index (χ1v) is 11.9. The van der Waals surface area contributed by atoms with Crippen LogP contribution in [0.4, 0.5) is 9.59 Å². The van der Waals surface area contributed by atoms with Crippen molar-refractivity contribution in [3.8, 4) is 0 Å². The number of nitrogens with one attached hydrogen (secondary N) is 2. The van der Waals surface area contributed by atoms with Gasteiger partial charge in [0.2, 0.25) is 12.7 Å². The van der Waals surface area contributed by atoms with Crippen LogP contribution in [0.2, 0.25) is 0 Å². The number of nitrogens with zero attached hydrogens (tertiary/aromatic N) is 2. The third-order valence-electron chi connectivity index (χ3n) is 5.28. The first-order valence-electron chi connectivity index (χ1n) is 11.9. The summed E-state index contributed by atoms with van der Waals surface area (Å²) < 4.78 is 15.1. The molecule has 2 aromatic rings. The van der Waals surface area contributed by atoms with E-state index >= 15 is 0 Å². The summed E-state index contributed by atoms with van der Waals surface area (Å²) >= 11 is 0. The van der Waals surface area contributed by atoms with Gasteiger partial charge in [0, 0.05) is 31.9 Å². The third kappa shape index (κ3) is 10.6. The summed E-state index contributed by atoms with van der Waals surface area (Å²) in [6.07, 6.45) is 0.572. The molecule has 0 saturated heterocycles. The molecule has 1 aromatic carbocycles. The van der Waals surface area contributed by atoms with Crippen molar-refractivity contribution in [1.29, 1.82) is 0 Å². The minimum absolute atomic E-state index is 0.0793. The van der Waals surface area contributed by atoms with Crippen molar-refractivity contribution < 1.29 is 33.4 Å². The van der Waals surface area contributed by atoms with Gasteiger partial charge in [0.1, 0.15) is 18.7 Å². The van der Waals surface area contributed by atoms with Gasteiger partial charge in [0.05, 0.1) is 0 Å². The van der Waals surface area contributed by atoms with Crippen molar-refractivity contribution in [3.05, 3.63) is 66.0 Å². The molecule has 1 aromatic heterocycles. The van der Waals surface area contributed by atoms with Crippen molar-refractivity contribution >= 4 is 24.1 Å². The Kier molecular flexibility index (Phi) is 11.8. The van der Waals surface area contributed by atoms with Crippen LogP contribution in [-0.2, 0) is 36.8 Å². The third-order valence-corrected chi connectivity index (χ3v) is 5.28. The predicted octanol–water partition coefficient (Wildman–Crippen LogP) is 2.65. The molecule has 0 radical (unpaired) electrons. The second-order valence-electron chi connectivity index (χ2n) is 8.64. The lowest BCUT2D eigenvalue weighted by Crippen LogP contribution is -2.52. The van der Waals surface area contributed by atoms with Crippen LogP contribution in [0.5, 0.6) is 0 Å². The summed E-state index contributed by atoms with van der Waals surface area (Å²) in [5.74, 6) is -1.43. The van der Waals surface area contributed by atoms with E-state index in [0.717, 1.165) is 11.3 Å². The molecule has 11 heteroatoms. The van der Waals surface area contributed by atoms with Crippen LogP contribution in [0.1, 0.15) is 32.0 Å². The fourth-order valence-corrected chi connectivity index (χ4v) is 3.04. The minimum atomic E-state index is -1.02. The Morgan fingerprint density at radius 1 is 0.919 bits per heavy atom. The number of carbonyl (C=O) groups excluding carboxylic acids is 4. The molecule has 3 amide bonds. The van der Waals surface area contributed by atoms with Gasteiger partial charge in [-0.2, -0.15) is 0 Å². The van der Waals surface area contributed by atoms with Gasteiger partial charge in [-0.05, 0) is 30.5 Å². The number of carbonyl (C=O) groups is 4. The first-order chi connectivity index (χ1) is 17.7. The number of esters is 1. The molecule has 37 heavy (non-hydrogen) atoms. The van der Waals surface area contributed by atoms with Crippen LogP contribution in [0.25, 0.3) is 0 Å². The van der Waals surface area contributed by atoms with Gasteiger partial charge >= 0.3 is 18.2 Å². The number of pyridine rings is 1. The summed E-state index contributed by atoms with van der Waals surface area (Å²) in [6.45, 7) is 4.78. The van der Waals surface area contributed by atoms with E-state index in [2.05, 4.69) is 15.6 Å². The lowest BCUT2D eigenvalue weighted by atomic mass is 10.0. The number of ether oxygens (including phenoxy) is 3. The van der Waals surface area contributed by atoms with Gasteiger partial charge in [-0.15, -0.1) is 0 Å². The molecule has 0 aliphatic rings. The van der Waals surface area contributed by atoms with E-state index < -0.39 is 42.9 Å². The molecule has 2 atom stereocenters. The van der Waals surface area contributed by atoms with Crippen LogP contribution in [0.3, 0.4) is 0 Å². The largest absolute Gasteiger partial charge is 0.459 e. The van der Waals surface area contributed by atoms with Crippen molar-refractivity contribution in [2.24, 2.45) is 5.92 Å². The Morgan fingerprint density at radius 3 is 2.27 bits per heavy atom. The second-order valence-corrected chi connectivity index (χ2v) is 8.64. The highest BCUT2D eigenvalue weighted by Crippen LogP contribution is 2.08. The molecule has 2 N–H and O–H groups in total. The van der Waals surface area contributed by atoms with Gasteiger partial charge in [0.25, 0.3) is 0 Å². The minimum Gasteiger partial charge on any atom is -0.459 e. The molecule has 2 rings (SSSR count). The summed E-state index contributed by atoms with van der Waals surface area (Å²) in [5, 5.41) is 4.93. The van der Waals surface area contributed by atoms with Gasteiger partial charge in [-0.25, -0.2) is 14.4 Å². The van der Waals surface area contributed by atoms with E-state index in [1.165, 1.54) is 11.8 Å². The molecule has 0 bridgehead atoms. The summed E-state index contributed by atoms with van der Waals surface area (Å²) in [6, 6.07) is 12.8. The van der Waals surface area contributed by atoms with Crippen molar-refractivity contribution in [2.75, 3.05) is 20.4 Å². The number of rotatable bonds is 12. The Hall–Kier alpha value is -4.15. The van der Waals surface area contributed by atoms with E-state index in [1.54, 1.807) is 33.2 Å². The molecule has 11 nitrogen and oxygen atoms in total. The molecule has 0 spiro atoms. The summed E-state index contributed by atoms with van der Waals surface area (Å²) in [4.78, 5) is 54.6. The summed E-state index contributed by atoms with van der Waals surface area (Å²) in [7, 11) is 1.55. The van der Waals surface area contributed by atoms with Crippen LogP contribution < -0.4 is 10.6 Å². The monoisotopic (exact) mass is 514 g/mol. The van der Waals surface area contributed by atoms with Gasteiger partial charge < -0.3 is 29.7 Å². The van der Waals surface area contributed by atoms with Crippen LogP contribution in [-0.4, -0.2) is 66.4 Å². The van der Waals surface area contributed by atoms with Crippen molar-refractivity contribution in [3.63, 3.8) is 0 Å². The summed E-state index contributed by atoms with van der Waals surface area (Å²) in [5.41, 5.74) is 1.65. The number of hydrogen-bond donors (Lipinski definition) is 2. The smallest absolute Gasteiger partial charge is 0.412 e. The molecule has 1 heterocycles. The number of amides is 3. The van der Waals surface area contributed by atoms with Crippen molar-refractivity contribution in [1.82, 2.24) is 20.5 Å². The second kappa shape index (κ2) is 15.1. The maximum atomic E-state index is 12.5. The topological polar surface area (TPSA) is 136 Å². The first kappa shape index (κ1) is 29.1. The van der Waals surface area contributed by atoms with E-state index in [0.29, 0.717) is 13.0 Å². The highest BCUT2D eigenvalue weighted by Gasteiger charge is 2.28. The molecule has 0 unspecified atom stereocenters. The quantitative estimate of drug-likeness (QED) is 0.326. The molecular formula is C26H34N4O7. The standard InChI is InChI=1S/C26H34N4O7/c1-18(2)22(24(32)35-16-20-10-6-5-7-11-20)29-23(31)19(3)28-25(33)36-17-37-26(34)30(4)15-13-21-12-8-9-14-27-21/h5-12,14,18-19,22H,13,15-17H2,1-4H3,(H,28,33)(H,29,31)/t19-,22-/m0/s1. The number of benzene rings is 1. The number of alkyl carbamates (subject to hydrolysis) is 1. The number of likely N-dealkylation sites (N-methyl/N-ethyl adjacent to an activating group) is 1. The van der Waals surface area contributed by atoms with E-state index in [9.17, 15) is 19.2 Å². The number of aromatic nitrogens is 1. The molecule has 0 saturated carbocycles. The normalized spacial score (nSPS) is 12.1. The van der Waals surface area contributed by atoms with Crippen molar-refractivity contribution in [2.45, 2.75) is 45.9 Å². The van der Waals surface area contributed by atoms with E-state index in [1.807, 2.05) is 42.5 Å². The average Bonchev–Trinajstić information content (AvgIpc) is 2.89. The molecule has 0 aliphatic heterocycles. The molecule has 0 aliphatic carbocycles. The maximum Gasteiger partial charge on any atom is 0.412 e. The molecule has 200 valence electrons. The van der Waals surface area contributed by atoms with E-state index in [-0.39, 0.29) is 12.5 Å². The zero-order valence-electron chi connectivity index (χ0n) is 21.5. The Labute approximate surface area is 216 Å². The Morgan fingerprint density at radius 2 is 1.62 bits per heavy atom. The molecular weight excluding hydrogens is 480 g/mol. The number of hydrogen-bond acceptors (Lipinski definition) is 8. The predicted molar refractivity (Wildman–Crippen MR) is 134 cm³/mol. The zero-order chi connectivity index (χ0) is 27.2. The van der Waals surface area contributed by atoms with Crippen LogP contribution in [0, 0.1) is 5.92 Å². The fraction of sp³-hybridized carbons (Fsp3) is 0.423. The Balaban J connectivity index is 1.71. The lowest BCUT2D eigenvalue weighted by Gasteiger charge is -2.23. The average molecular weight is 515 g/mol. The van der Waals surface area contributed by atoms with E-state index in [4.69, 9.17) is 14.2 Å². The SMILES string of the molecule is CC(C)[C@H](NC(=O)[C@H](C)NC(=O)OCOC(=O)N(C)CCc1ccccn1)C(=O)OCc1ccccc1. The fourth-order valence-electron chi connectivity index (χ4n) is 3.04. The van der Waals surface area contributed by atoms with Gasteiger partial charge in [0.15, 0.2) is 0 Å².